The number of aromatic amines is 1. The van der Waals surface area contributed by atoms with Gasteiger partial charge in [0.15, 0.2) is 11.8 Å². The topological polar surface area (TPSA) is 283 Å². The highest BCUT2D eigenvalue weighted by molar-refractivity contribution is 7.66. The number of nitrogens with one attached hydrogen (secondary N) is 1. The van der Waals surface area contributed by atoms with Crippen molar-refractivity contribution >= 4 is 23.5 Å². The van der Waals surface area contributed by atoms with Crippen LogP contribution in [0.4, 0.5) is 0 Å². The van der Waals surface area contributed by atoms with E-state index in [2.05, 4.69) is 116 Å². The highest BCUT2D eigenvalue weighted by Crippen LogP contribution is 2.66. The van der Waals surface area contributed by atoms with Crippen LogP contribution >= 0.6 is 23.5 Å². The molecule has 350 valence electrons. The van der Waals surface area contributed by atoms with E-state index in [0.29, 0.717) is 0 Å². The fraction of sp³-hybridized carbons (Fsp3) is 0.829. The monoisotopic (exact) mass is 911 g/mol. The molecule has 2 heterocycles. The van der Waals surface area contributed by atoms with E-state index in [1.807, 2.05) is 10.9 Å². The second kappa shape index (κ2) is 32.1. The molecule has 1 aliphatic rings. The third-order valence-electron chi connectivity index (χ3n) is 9.09. The summed E-state index contributed by atoms with van der Waals surface area (Å²) in [5.41, 5.74) is 2.04. The van der Waals surface area contributed by atoms with Gasteiger partial charge in [-0.3, -0.25) is 18.9 Å². The zero-order chi connectivity index (χ0) is 46.6. The van der Waals surface area contributed by atoms with Crippen LogP contribution in [0, 0.1) is 12.3 Å². The molecule has 1 fully saturated rings. The Kier molecular flexibility index (Phi) is 33.6. The van der Waals surface area contributed by atoms with Crippen LogP contribution in [0.1, 0.15) is 89.3 Å². The molecular formula is C35H76N7O14P3. The quantitative estimate of drug-likeness (QED) is 0.0731. The summed E-state index contributed by atoms with van der Waals surface area (Å²) in [6, 6.07) is 0.924. The molecule has 1 saturated heterocycles. The van der Waals surface area contributed by atoms with Crippen LogP contribution in [0.3, 0.4) is 0 Å². The summed E-state index contributed by atoms with van der Waals surface area (Å²) < 4.78 is 51.2. The lowest BCUT2D eigenvalue weighted by molar-refractivity contribution is -0.0468. The molecule has 1 aliphatic heterocycles. The van der Waals surface area contributed by atoms with Crippen LogP contribution in [-0.4, -0.2) is 157 Å². The van der Waals surface area contributed by atoms with Gasteiger partial charge in [0, 0.05) is 12.3 Å². The molecular weight excluding hydrogens is 835 g/mol. The maximum absolute atomic E-state index is 12.0. The van der Waals surface area contributed by atoms with Gasteiger partial charge in [-0.1, -0.05) is 89.0 Å². The van der Waals surface area contributed by atoms with Crippen molar-refractivity contribution in [3.05, 3.63) is 33.1 Å². The highest BCUT2D eigenvalue weighted by Gasteiger charge is 2.55. The number of hydrogen-bond donors (Lipinski definition) is 7. The van der Waals surface area contributed by atoms with Gasteiger partial charge in [-0.2, -0.15) is 8.62 Å². The van der Waals surface area contributed by atoms with Crippen LogP contribution in [0.25, 0.3) is 0 Å². The van der Waals surface area contributed by atoms with E-state index >= 15 is 0 Å². The van der Waals surface area contributed by atoms with Gasteiger partial charge in [0.05, 0.1) is 6.61 Å². The number of aliphatic hydroxyl groups excluding tert-OH is 1. The predicted octanol–water partition coefficient (Wildman–Crippen LogP) is 2.86. The maximum Gasteiger partial charge on any atom is 0.490 e. The first-order valence-electron chi connectivity index (χ1n) is 20.0. The maximum atomic E-state index is 12.0. The number of ether oxygens (including phenoxy) is 1. The Morgan fingerprint density at radius 2 is 1.08 bits per heavy atom. The van der Waals surface area contributed by atoms with Crippen molar-refractivity contribution in [2.24, 2.45) is 5.73 Å². The van der Waals surface area contributed by atoms with Gasteiger partial charge in [-0.15, -0.1) is 6.42 Å². The molecule has 59 heavy (non-hydrogen) atoms. The molecule has 2 unspecified atom stereocenters. The number of aromatic nitrogens is 2. The first-order valence-corrected chi connectivity index (χ1v) is 24.5. The summed E-state index contributed by atoms with van der Waals surface area (Å²) in [5.74, 6) is 2.01. The minimum absolute atomic E-state index is 0.731. The minimum Gasteiger partial charge on any atom is -0.387 e. The predicted molar refractivity (Wildman–Crippen MR) is 231 cm³/mol. The van der Waals surface area contributed by atoms with Gasteiger partial charge in [-0.05, 0) is 78.5 Å². The molecule has 0 aliphatic carbocycles. The molecule has 2 rings (SSSR count). The lowest BCUT2D eigenvalue weighted by Gasteiger charge is -2.27. The summed E-state index contributed by atoms with van der Waals surface area (Å²) >= 11 is 0. The number of hydrogen-bond acceptors (Lipinski definition) is 15. The molecule has 1 aromatic rings. The third-order valence-corrected chi connectivity index (χ3v) is 12.9. The van der Waals surface area contributed by atoms with Crippen LogP contribution in [0.2, 0.25) is 0 Å². The first-order chi connectivity index (χ1) is 27.4. The zero-order valence-electron chi connectivity index (χ0n) is 37.2. The van der Waals surface area contributed by atoms with E-state index in [4.69, 9.17) is 31.6 Å². The number of phosphoric ester groups is 1. The summed E-state index contributed by atoms with van der Waals surface area (Å²) in [7, 11) is -16.9. The number of terminal acetylenes is 1. The smallest absolute Gasteiger partial charge is 0.387 e. The Labute approximate surface area is 351 Å². The molecule has 0 amide bonds. The SMILES string of the molecule is C#C[C@@]1(N)[C@H](O)[C@@H](COP(=O)(O)OP(=O)(O)OP(=O)(O)O)O[C@H]1n1ccc(=O)[nH]c1=O.CCN(CC)CC.CCN(CC)CC.CCN(CC)CC.CCN(CC)CC. The van der Waals surface area contributed by atoms with Gasteiger partial charge in [-0.25, -0.2) is 18.5 Å². The van der Waals surface area contributed by atoms with Gasteiger partial charge in [0.25, 0.3) is 5.56 Å². The largest absolute Gasteiger partial charge is 0.490 e. The van der Waals surface area contributed by atoms with Gasteiger partial charge < -0.3 is 54.8 Å². The summed E-state index contributed by atoms with van der Waals surface area (Å²) in [6.45, 7) is 39.4. The molecule has 1 aromatic heterocycles. The van der Waals surface area contributed by atoms with Crippen molar-refractivity contribution in [3.8, 4) is 12.3 Å². The Balaban J connectivity index is -0.000000898. The number of rotatable bonds is 20. The molecule has 6 atom stereocenters. The number of nitrogens with two attached hydrogens (primary N) is 1. The fourth-order valence-electron chi connectivity index (χ4n) is 5.16. The number of H-pyrrole nitrogens is 1. The zero-order valence-corrected chi connectivity index (χ0v) is 39.9. The van der Waals surface area contributed by atoms with Crippen LogP contribution < -0.4 is 17.0 Å². The highest BCUT2D eigenvalue weighted by atomic mass is 31.3. The molecule has 0 aromatic carbocycles. The lowest BCUT2D eigenvalue weighted by Crippen LogP contribution is -2.55. The van der Waals surface area contributed by atoms with E-state index in [9.17, 15) is 33.3 Å². The van der Waals surface area contributed by atoms with Gasteiger partial charge in [0.2, 0.25) is 0 Å². The number of aliphatic hydroxyl groups is 1. The standard InChI is InChI=1S/C11H16N3O14P3.4C6H15N/c1-2-11(12)8(16)6(26-9(11)14-4-3-7(15)13-10(14)17)5-25-30(21,22)28-31(23,24)27-29(18,19)20;4*1-4-7(5-2)6-3/h1,3-4,6,8-9,16H,5,12H2,(H,21,22)(H,23,24)(H,13,15,17)(H2,18,19,20);4*4-6H2,1-3H3/t6-,8-,9-,11-;;;;/m1..../s1. The van der Waals surface area contributed by atoms with Crippen LogP contribution in [0.5, 0.6) is 0 Å². The van der Waals surface area contributed by atoms with E-state index in [1.165, 1.54) is 78.5 Å². The van der Waals surface area contributed by atoms with E-state index < -0.39 is 65.3 Å². The van der Waals surface area contributed by atoms with Crippen molar-refractivity contribution in [2.45, 2.75) is 107 Å². The Morgan fingerprint density at radius 3 is 1.36 bits per heavy atom. The Hall–Kier alpha value is -1.63. The summed E-state index contributed by atoms with van der Waals surface area (Å²) in [5, 5.41) is 10.4. The average molecular weight is 912 g/mol. The second-order valence-corrected chi connectivity index (χ2v) is 16.9. The molecule has 8 N–H and O–H groups in total. The first kappa shape index (κ1) is 61.7. The van der Waals surface area contributed by atoms with E-state index in [0.717, 1.165) is 16.8 Å². The van der Waals surface area contributed by atoms with Crippen LogP contribution in [0.15, 0.2) is 21.9 Å². The second-order valence-electron chi connectivity index (χ2n) is 12.4. The Morgan fingerprint density at radius 1 is 0.729 bits per heavy atom. The molecule has 0 radical (unpaired) electrons. The molecule has 0 saturated carbocycles. The number of phosphoric acid groups is 3. The normalized spacial score (nSPS) is 20.8. The van der Waals surface area contributed by atoms with Gasteiger partial charge in [0.1, 0.15) is 12.2 Å². The number of nitrogens with zero attached hydrogens (tertiary/aromatic N) is 5. The lowest BCUT2D eigenvalue weighted by atomic mass is 9.92. The summed E-state index contributed by atoms with van der Waals surface area (Å²) in [4.78, 5) is 70.1. The molecule has 24 heteroatoms. The third kappa shape index (κ3) is 25.8. The van der Waals surface area contributed by atoms with Crippen molar-refractivity contribution in [3.63, 3.8) is 0 Å². The summed E-state index contributed by atoms with van der Waals surface area (Å²) in [6.07, 6.45) is 1.23. The molecule has 0 bridgehead atoms. The fourth-order valence-corrected chi connectivity index (χ4v) is 8.19. The van der Waals surface area contributed by atoms with Gasteiger partial charge >= 0.3 is 29.2 Å². The minimum atomic E-state index is -5.76. The molecule has 0 spiro atoms. The molecule has 21 nitrogen and oxygen atoms in total. The van der Waals surface area contributed by atoms with E-state index in [1.54, 1.807) is 0 Å². The van der Waals surface area contributed by atoms with Crippen molar-refractivity contribution in [1.82, 2.24) is 29.2 Å². The Bertz CT molecular complexity index is 1470. The van der Waals surface area contributed by atoms with Crippen molar-refractivity contribution in [1.29, 1.82) is 0 Å². The van der Waals surface area contributed by atoms with E-state index in [-0.39, 0.29) is 0 Å². The van der Waals surface area contributed by atoms with Crippen molar-refractivity contribution < 1.29 is 56.3 Å². The van der Waals surface area contributed by atoms with Crippen LogP contribution in [-0.2, 0) is 31.6 Å². The van der Waals surface area contributed by atoms with Crippen molar-refractivity contribution in [2.75, 3.05) is 85.1 Å². The average Bonchev–Trinajstić information content (AvgIpc) is 3.42.